The van der Waals surface area contributed by atoms with Crippen LogP contribution in [0.1, 0.15) is 0 Å². The lowest BCUT2D eigenvalue weighted by Gasteiger charge is -2.18. The third kappa shape index (κ3) is 1.46. The van der Waals surface area contributed by atoms with Crippen molar-refractivity contribution >= 4 is 10.0 Å². The smallest absolute Gasteiger partial charge is 0.245 e. The van der Waals surface area contributed by atoms with Gasteiger partial charge in [0.15, 0.2) is 11.1 Å². The Morgan fingerprint density at radius 1 is 1.71 bits per heavy atom. The van der Waals surface area contributed by atoms with Crippen LogP contribution in [-0.2, 0) is 16.6 Å². The maximum absolute atomic E-state index is 12.8. The van der Waals surface area contributed by atoms with Gasteiger partial charge in [-0.25, -0.2) is 22.6 Å². The van der Waals surface area contributed by atoms with E-state index in [0.717, 1.165) is 10.9 Å². The summed E-state index contributed by atoms with van der Waals surface area (Å²) in [6.45, 7) is -0.181. The SMILES string of the molecule is NS(=O)(=O)c1cnn2c1OCC(F)C2. The summed E-state index contributed by atoms with van der Waals surface area (Å²) in [5.74, 6) is 0.0152. The highest BCUT2D eigenvalue weighted by atomic mass is 32.2. The van der Waals surface area contributed by atoms with Gasteiger partial charge in [-0.1, -0.05) is 0 Å². The molecule has 2 N–H and O–H groups in total. The maximum Gasteiger partial charge on any atom is 0.245 e. The van der Waals surface area contributed by atoms with E-state index in [1.807, 2.05) is 0 Å². The van der Waals surface area contributed by atoms with Crippen LogP contribution >= 0.6 is 0 Å². The molecule has 1 aromatic rings. The molecule has 6 nitrogen and oxygen atoms in total. The normalized spacial score (nSPS) is 21.4. The van der Waals surface area contributed by atoms with Crippen molar-refractivity contribution in [1.29, 1.82) is 0 Å². The molecule has 0 spiro atoms. The molecule has 0 amide bonds. The zero-order valence-corrected chi connectivity index (χ0v) is 7.87. The molecule has 0 aliphatic carbocycles. The quantitative estimate of drug-likeness (QED) is 0.676. The van der Waals surface area contributed by atoms with Gasteiger partial charge in [0.05, 0.1) is 12.7 Å². The molecule has 1 unspecified atom stereocenters. The lowest BCUT2D eigenvalue weighted by atomic mass is 10.4. The minimum atomic E-state index is -3.85. The van der Waals surface area contributed by atoms with Crippen molar-refractivity contribution in [3.8, 4) is 5.88 Å². The third-order valence-electron chi connectivity index (χ3n) is 1.84. The van der Waals surface area contributed by atoms with Crippen molar-refractivity contribution in [2.45, 2.75) is 17.6 Å². The van der Waals surface area contributed by atoms with E-state index in [4.69, 9.17) is 9.88 Å². The molecule has 1 aromatic heterocycles. The van der Waals surface area contributed by atoms with Crippen LogP contribution in [0.25, 0.3) is 0 Å². The maximum atomic E-state index is 12.8. The number of sulfonamides is 1. The zero-order chi connectivity index (χ0) is 10.3. The number of primary sulfonamides is 1. The van der Waals surface area contributed by atoms with Crippen molar-refractivity contribution in [3.05, 3.63) is 6.20 Å². The van der Waals surface area contributed by atoms with Gasteiger partial charge < -0.3 is 4.74 Å². The van der Waals surface area contributed by atoms with Crippen LogP contribution < -0.4 is 9.88 Å². The van der Waals surface area contributed by atoms with Gasteiger partial charge in [-0.05, 0) is 0 Å². The predicted molar refractivity (Wildman–Crippen MR) is 44.0 cm³/mol. The van der Waals surface area contributed by atoms with Gasteiger partial charge in [-0.2, -0.15) is 5.10 Å². The molecule has 0 saturated heterocycles. The fraction of sp³-hybridized carbons (Fsp3) is 0.500. The number of hydrogen-bond donors (Lipinski definition) is 1. The lowest BCUT2D eigenvalue weighted by molar-refractivity contribution is 0.122. The standard InChI is InChI=1S/C6H8FN3O3S/c7-4-2-10-6(13-3-4)5(1-9-10)14(8,11)12/h1,4H,2-3H2,(H2,8,11,12). The molecule has 2 heterocycles. The number of fused-ring (bicyclic) bond motifs is 1. The first-order valence-electron chi connectivity index (χ1n) is 3.84. The van der Waals surface area contributed by atoms with E-state index in [1.165, 1.54) is 0 Å². The fourth-order valence-electron chi connectivity index (χ4n) is 1.24. The number of hydrogen-bond acceptors (Lipinski definition) is 4. The highest BCUT2D eigenvalue weighted by Gasteiger charge is 2.27. The Hall–Kier alpha value is -1.15. The summed E-state index contributed by atoms with van der Waals surface area (Å²) in [6, 6.07) is 0. The monoisotopic (exact) mass is 221 g/mol. The molecule has 2 rings (SSSR count). The van der Waals surface area contributed by atoms with E-state index in [2.05, 4.69) is 5.10 Å². The average Bonchev–Trinajstić information content (AvgIpc) is 2.45. The highest BCUT2D eigenvalue weighted by molar-refractivity contribution is 7.89. The van der Waals surface area contributed by atoms with Crippen LogP contribution in [0, 0.1) is 0 Å². The largest absolute Gasteiger partial charge is 0.474 e. The minimum Gasteiger partial charge on any atom is -0.474 e. The molecule has 0 radical (unpaired) electrons. The van der Waals surface area contributed by atoms with E-state index >= 15 is 0 Å². The molecular formula is C6H8FN3O3S. The summed E-state index contributed by atoms with van der Waals surface area (Å²) in [4.78, 5) is -0.204. The van der Waals surface area contributed by atoms with E-state index in [-0.39, 0.29) is 23.9 Å². The summed E-state index contributed by atoms with van der Waals surface area (Å²) in [7, 11) is -3.85. The van der Waals surface area contributed by atoms with Crippen molar-refractivity contribution in [2.24, 2.45) is 5.14 Å². The van der Waals surface area contributed by atoms with Crippen molar-refractivity contribution in [1.82, 2.24) is 9.78 Å². The number of nitrogens with two attached hydrogens (primary N) is 1. The number of alkyl halides is 1. The minimum absolute atomic E-state index is 0.00907. The number of aromatic nitrogens is 2. The van der Waals surface area contributed by atoms with Gasteiger partial charge >= 0.3 is 0 Å². The Labute approximate surface area is 79.5 Å². The summed E-state index contributed by atoms with van der Waals surface area (Å²) >= 11 is 0. The molecule has 1 atom stereocenters. The van der Waals surface area contributed by atoms with Gasteiger partial charge in [0, 0.05) is 0 Å². The van der Waals surface area contributed by atoms with Gasteiger partial charge in [0.2, 0.25) is 15.9 Å². The van der Waals surface area contributed by atoms with Crippen LogP contribution in [0.3, 0.4) is 0 Å². The second-order valence-corrected chi connectivity index (χ2v) is 4.48. The van der Waals surface area contributed by atoms with Gasteiger partial charge in [-0.3, -0.25) is 0 Å². The first kappa shape index (κ1) is 9.41. The number of halogens is 1. The Morgan fingerprint density at radius 2 is 2.43 bits per heavy atom. The highest BCUT2D eigenvalue weighted by Crippen LogP contribution is 2.25. The molecule has 0 fully saturated rings. The van der Waals surface area contributed by atoms with E-state index in [0.29, 0.717) is 0 Å². The van der Waals surface area contributed by atoms with E-state index < -0.39 is 16.2 Å². The Balaban J connectivity index is 2.49. The zero-order valence-electron chi connectivity index (χ0n) is 7.05. The number of rotatable bonds is 1. The second kappa shape index (κ2) is 2.92. The summed E-state index contributed by atoms with van der Waals surface area (Å²) in [5, 5.41) is 8.57. The molecular weight excluding hydrogens is 213 g/mol. The summed E-state index contributed by atoms with van der Waals surface area (Å²) in [6.07, 6.45) is -0.112. The molecule has 8 heteroatoms. The van der Waals surface area contributed by atoms with Crippen LogP contribution in [0.5, 0.6) is 5.88 Å². The van der Waals surface area contributed by atoms with E-state index in [9.17, 15) is 12.8 Å². The first-order valence-corrected chi connectivity index (χ1v) is 5.38. The van der Waals surface area contributed by atoms with Crippen LogP contribution in [0.4, 0.5) is 4.39 Å². The fourth-order valence-corrected chi connectivity index (χ4v) is 1.84. The first-order chi connectivity index (χ1) is 6.48. The van der Waals surface area contributed by atoms with Crippen LogP contribution in [0.2, 0.25) is 0 Å². The van der Waals surface area contributed by atoms with Crippen LogP contribution in [-0.4, -0.2) is 31.0 Å². The third-order valence-corrected chi connectivity index (χ3v) is 2.73. The van der Waals surface area contributed by atoms with Gasteiger partial charge in [0.25, 0.3) is 0 Å². The lowest BCUT2D eigenvalue weighted by Crippen LogP contribution is -2.27. The van der Waals surface area contributed by atoms with E-state index in [1.54, 1.807) is 0 Å². The molecule has 0 aromatic carbocycles. The van der Waals surface area contributed by atoms with Crippen molar-refractivity contribution in [3.63, 3.8) is 0 Å². The van der Waals surface area contributed by atoms with Crippen molar-refractivity contribution in [2.75, 3.05) is 6.61 Å². The predicted octanol–water partition coefficient (Wildman–Crippen LogP) is -0.739. The molecule has 14 heavy (non-hydrogen) atoms. The molecule has 1 aliphatic heterocycles. The Morgan fingerprint density at radius 3 is 3.07 bits per heavy atom. The number of nitrogens with zero attached hydrogens (tertiary/aromatic N) is 2. The Kier molecular flexibility index (Phi) is 1.96. The topological polar surface area (TPSA) is 87.2 Å². The molecule has 0 saturated carbocycles. The second-order valence-electron chi connectivity index (χ2n) is 2.95. The van der Waals surface area contributed by atoms with Crippen LogP contribution in [0.15, 0.2) is 11.1 Å². The van der Waals surface area contributed by atoms with Gasteiger partial charge in [-0.15, -0.1) is 0 Å². The molecule has 0 bridgehead atoms. The van der Waals surface area contributed by atoms with Gasteiger partial charge in [0.1, 0.15) is 6.61 Å². The summed E-state index contributed by atoms with van der Waals surface area (Å²) in [5.41, 5.74) is 0. The average molecular weight is 221 g/mol. The number of ether oxygens (including phenoxy) is 1. The van der Waals surface area contributed by atoms with Crippen molar-refractivity contribution < 1.29 is 17.5 Å². The summed E-state index contributed by atoms with van der Waals surface area (Å²) < 4.78 is 40.8. The molecule has 1 aliphatic rings. The molecule has 78 valence electrons. The Bertz CT molecular complexity index is 455.